The molecule has 3 aromatic heterocycles. The monoisotopic (exact) mass is 932 g/mol. The molecule has 344 valence electrons. The quantitative estimate of drug-likeness (QED) is 0.102. The van der Waals surface area contributed by atoms with Gasteiger partial charge in [0, 0.05) is 82.5 Å². The van der Waals surface area contributed by atoms with E-state index < -0.39 is 0 Å². The summed E-state index contributed by atoms with van der Waals surface area (Å²) in [5.74, 6) is 0. The number of aromatic nitrogens is 3. The summed E-state index contributed by atoms with van der Waals surface area (Å²) in [6.45, 7) is 6.17. The number of anilines is 4. The highest BCUT2D eigenvalue weighted by Crippen LogP contribution is 2.45. The maximum atomic E-state index is 6.10. The van der Waals surface area contributed by atoms with Crippen LogP contribution < -0.4 is 35.0 Å². The van der Waals surface area contributed by atoms with Crippen LogP contribution in [0.3, 0.4) is 0 Å². The molecule has 10 aromatic rings. The van der Waals surface area contributed by atoms with E-state index in [0.29, 0.717) is 0 Å². The smallest absolute Gasteiger partial charge is 0.220 e. The number of aryl methyl sites for hydroxylation is 3. The van der Waals surface area contributed by atoms with E-state index in [9.17, 15) is 0 Å². The number of thioether (sulfide) groups is 1. The molecule has 0 saturated carbocycles. The van der Waals surface area contributed by atoms with Crippen LogP contribution in [0.15, 0.2) is 210 Å². The molecule has 0 bridgehead atoms. The van der Waals surface area contributed by atoms with E-state index in [2.05, 4.69) is 253 Å². The second kappa shape index (κ2) is 19.8. The number of para-hydroxylation sites is 4. The average molecular weight is 933 g/mol. The first-order valence-electron chi connectivity index (χ1n) is 23.9. The molecule has 7 aromatic carbocycles. The summed E-state index contributed by atoms with van der Waals surface area (Å²) in [6, 6.07) is 61.3. The molecule has 0 unspecified atom stereocenters. The molecule has 12 rings (SSSR count). The van der Waals surface area contributed by atoms with Crippen LogP contribution in [-0.4, -0.2) is 13.6 Å². The first kappa shape index (κ1) is 45.6. The molecule has 0 radical (unpaired) electrons. The summed E-state index contributed by atoms with van der Waals surface area (Å²) in [4.78, 5) is 5.96. The maximum Gasteiger partial charge on any atom is 0.220 e. The minimum absolute atomic E-state index is 0.775. The fourth-order valence-electron chi connectivity index (χ4n) is 9.82. The average Bonchev–Trinajstić information content (AvgIpc) is 3.72. The number of fused-ring (bicyclic) bond motifs is 7. The van der Waals surface area contributed by atoms with Crippen molar-refractivity contribution in [3.05, 3.63) is 222 Å². The van der Waals surface area contributed by atoms with E-state index in [1.807, 2.05) is 30.0 Å². The third-order valence-corrected chi connectivity index (χ3v) is 14.5. The van der Waals surface area contributed by atoms with E-state index in [1.165, 1.54) is 92.9 Å². The third-order valence-electron chi connectivity index (χ3n) is 13.3. The highest BCUT2D eigenvalue weighted by molar-refractivity contribution is 8.03. The standard InChI is InChI=1S/C22H21N2.C21H19N3.C19H17N2S/c1-3-24-19(13-12-17-8-4-6-10-21(17)24)16-18-14-15-23(2)22-11-7-5-9-20(18)22;1-2-24-20-13-16(23)9-11-18(20)17-10-8-15(22)12-19(17)21(24)14-6-4-3-5-7-14;1-20-12-11-14(15-7-3-4-8-16(15)20)13-19-21(2)17-9-5-6-10-18(17)22-19/h4-16H,3H2,1-2H3;3-13,23H,2,22H2,1H3;3-13H,1-2H3/q+1;;+1/p+1. The lowest BCUT2D eigenvalue weighted by Gasteiger charge is -2.29. The maximum absolute atomic E-state index is 6.10. The van der Waals surface area contributed by atoms with Gasteiger partial charge in [0.15, 0.2) is 12.4 Å². The molecule has 0 amide bonds. The number of nitrogens with zero attached hydrogens (tertiary/aromatic N) is 5. The zero-order valence-electron chi connectivity index (χ0n) is 40.4. The van der Waals surface area contributed by atoms with Crippen molar-refractivity contribution in [3.63, 3.8) is 0 Å². The Hall–Kier alpha value is -8.20. The van der Waals surface area contributed by atoms with Crippen LogP contribution in [0.4, 0.5) is 22.7 Å². The van der Waals surface area contributed by atoms with Gasteiger partial charge in [0.2, 0.25) is 22.2 Å². The Morgan fingerprint density at radius 3 is 1.79 bits per heavy atom. The zero-order chi connectivity index (χ0) is 48.3. The van der Waals surface area contributed by atoms with Gasteiger partial charge >= 0.3 is 0 Å². The molecular weight excluding hydrogens is 875 g/mol. The number of hydrogen-bond acceptors (Lipinski definition) is 5. The molecule has 0 saturated heterocycles. The van der Waals surface area contributed by atoms with Crippen molar-refractivity contribution in [2.24, 2.45) is 14.1 Å². The largest absolute Gasteiger partial charge is 0.399 e. The predicted molar refractivity (Wildman–Crippen MR) is 297 cm³/mol. The van der Waals surface area contributed by atoms with E-state index in [4.69, 9.17) is 11.5 Å². The minimum atomic E-state index is 0.775. The molecule has 0 atom stereocenters. The van der Waals surface area contributed by atoms with Crippen LogP contribution in [0.25, 0.3) is 73.0 Å². The highest BCUT2D eigenvalue weighted by atomic mass is 32.2. The number of nitrogen functional groups attached to an aromatic ring is 2. The molecule has 8 heteroatoms. The fourth-order valence-corrected chi connectivity index (χ4v) is 10.9. The summed E-state index contributed by atoms with van der Waals surface area (Å²) in [5.41, 5.74) is 27.3. The van der Waals surface area contributed by atoms with E-state index >= 15 is 0 Å². The van der Waals surface area contributed by atoms with Gasteiger partial charge < -0.3 is 21.3 Å². The van der Waals surface area contributed by atoms with Gasteiger partial charge in [-0.25, -0.2) is 9.13 Å². The number of hydrogen-bond donors (Lipinski definition) is 2. The van der Waals surface area contributed by atoms with Crippen molar-refractivity contribution in [2.75, 3.05) is 34.9 Å². The third kappa shape index (κ3) is 8.86. The lowest BCUT2D eigenvalue weighted by atomic mass is 9.98. The van der Waals surface area contributed by atoms with Crippen molar-refractivity contribution in [1.29, 1.82) is 0 Å². The second-order valence-corrected chi connectivity index (χ2v) is 18.7. The van der Waals surface area contributed by atoms with Crippen LogP contribution >= 0.6 is 11.8 Å². The Morgan fingerprint density at radius 2 is 1.11 bits per heavy atom. The predicted octanol–water partition coefficient (Wildman–Crippen LogP) is 12.9. The first-order chi connectivity index (χ1) is 34.2. The molecule has 4 N–H and O–H groups in total. The molecule has 2 aliphatic heterocycles. The van der Waals surface area contributed by atoms with Crippen molar-refractivity contribution in [3.8, 4) is 11.3 Å². The van der Waals surface area contributed by atoms with Crippen LogP contribution in [0, 0.1) is 0 Å². The normalized spacial score (nSPS) is 13.9. The van der Waals surface area contributed by atoms with Gasteiger partial charge in [-0.2, -0.15) is 4.57 Å². The van der Waals surface area contributed by atoms with Crippen molar-refractivity contribution < 1.29 is 13.7 Å². The Balaban J connectivity index is 0.000000122. The highest BCUT2D eigenvalue weighted by Gasteiger charge is 2.24. The Morgan fingerprint density at radius 1 is 0.529 bits per heavy atom. The van der Waals surface area contributed by atoms with Gasteiger partial charge in [-0.15, -0.1) is 0 Å². The van der Waals surface area contributed by atoms with Crippen molar-refractivity contribution >= 4 is 96.2 Å². The summed E-state index contributed by atoms with van der Waals surface area (Å²) < 4.78 is 6.65. The molecule has 0 aliphatic carbocycles. The van der Waals surface area contributed by atoms with Gasteiger partial charge in [-0.05, 0) is 115 Å². The first-order valence-corrected chi connectivity index (χ1v) is 24.8. The Kier molecular flexibility index (Phi) is 12.9. The van der Waals surface area contributed by atoms with Crippen molar-refractivity contribution in [2.45, 2.75) is 25.3 Å². The van der Waals surface area contributed by atoms with E-state index in [1.54, 1.807) is 0 Å². The Bertz CT molecular complexity index is 3690. The lowest BCUT2D eigenvalue weighted by molar-refractivity contribution is -0.655. The van der Waals surface area contributed by atoms with Gasteiger partial charge in [-0.3, -0.25) is 0 Å². The fraction of sp³-hybridized carbons (Fsp3) is 0.113. The number of benzene rings is 7. The van der Waals surface area contributed by atoms with Crippen LogP contribution in [0.1, 0.15) is 30.5 Å². The molecule has 0 fully saturated rings. The van der Waals surface area contributed by atoms with Gasteiger partial charge in [0.1, 0.15) is 20.6 Å². The van der Waals surface area contributed by atoms with E-state index in [0.717, 1.165) is 30.0 Å². The molecule has 0 spiro atoms. The van der Waals surface area contributed by atoms with Crippen LogP contribution in [0.2, 0.25) is 0 Å². The van der Waals surface area contributed by atoms with Gasteiger partial charge in [0.25, 0.3) is 0 Å². The molecule has 70 heavy (non-hydrogen) atoms. The number of pyridine rings is 3. The van der Waals surface area contributed by atoms with Crippen molar-refractivity contribution in [1.82, 2.24) is 0 Å². The Labute approximate surface area is 415 Å². The summed E-state index contributed by atoms with van der Waals surface area (Å²) in [5, 5.41) is 7.38. The number of allylic oxidation sites excluding steroid dienone is 1. The molecular formula is C62H58N7S+3. The molecule has 5 heterocycles. The number of likely N-dealkylation sites (N-methyl/N-ethyl adjacent to an activating group) is 1. The summed E-state index contributed by atoms with van der Waals surface area (Å²) >= 11 is 1.83. The minimum Gasteiger partial charge on any atom is -0.399 e. The van der Waals surface area contributed by atoms with Crippen LogP contribution in [0.5, 0.6) is 0 Å². The topological polar surface area (TPSA) is 70.2 Å². The second-order valence-electron chi connectivity index (χ2n) is 17.7. The number of nitrogens with two attached hydrogens (primary N) is 2. The lowest BCUT2D eigenvalue weighted by Crippen LogP contribution is -2.36. The number of rotatable bonds is 5. The zero-order valence-corrected chi connectivity index (χ0v) is 41.2. The SMILES string of the molecule is CCN1C(=Cc2cc[n+](C)c3ccccc23)C=Cc2ccccc21.CC[n+]1c(-c2ccccc2)c2cc(N)ccc2c2ccc(N)cc21.CN1/C(=C/c2cc[n+](C)c3ccccc23)Sc2ccccc21. The van der Waals surface area contributed by atoms with Crippen LogP contribution in [-0.2, 0) is 20.6 Å². The summed E-state index contributed by atoms with van der Waals surface area (Å²) in [7, 11) is 6.32. The summed E-state index contributed by atoms with van der Waals surface area (Å²) in [6.07, 6.45) is 13.3. The van der Waals surface area contributed by atoms with E-state index in [-0.39, 0.29) is 0 Å². The molecule has 7 nitrogen and oxygen atoms in total. The van der Waals surface area contributed by atoms with Gasteiger partial charge in [-0.1, -0.05) is 96.7 Å². The molecule has 2 aliphatic rings. The van der Waals surface area contributed by atoms with Gasteiger partial charge in [0.05, 0.1) is 32.3 Å².